The molecule has 0 radical (unpaired) electrons. The molecule has 1 amide bonds. The van der Waals surface area contributed by atoms with Gasteiger partial charge in [0.25, 0.3) is 11.1 Å². The van der Waals surface area contributed by atoms with Gasteiger partial charge in [-0.3, -0.25) is 4.79 Å². The second-order valence-corrected chi connectivity index (χ2v) is 8.66. The molecule has 0 saturated heterocycles. The number of amides is 1. The van der Waals surface area contributed by atoms with Gasteiger partial charge in [-0.05, 0) is 61.8 Å². The lowest BCUT2D eigenvalue weighted by Crippen LogP contribution is -2.39. The van der Waals surface area contributed by atoms with Crippen molar-refractivity contribution in [3.63, 3.8) is 0 Å². The van der Waals surface area contributed by atoms with E-state index in [4.69, 9.17) is 20.8 Å². The predicted molar refractivity (Wildman–Crippen MR) is 103 cm³/mol. The van der Waals surface area contributed by atoms with Gasteiger partial charge in [-0.15, -0.1) is 10.2 Å². The number of halogens is 1. The first-order chi connectivity index (χ1) is 13.1. The number of fused-ring (bicyclic) bond motifs is 2. The van der Waals surface area contributed by atoms with E-state index in [2.05, 4.69) is 15.5 Å². The summed E-state index contributed by atoms with van der Waals surface area (Å²) in [6, 6.07) is 5.77. The molecule has 2 aliphatic rings. The first-order valence-corrected chi connectivity index (χ1v) is 10.6. The average molecular weight is 408 g/mol. The van der Waals surface area contributed by atoms with Gasteiger partial charge < -0.3 is 14.5 Å². The van der Waals surface area contributed by atoms with Gasteiger partial charge in [0, 0.05) is 11.1 Å². The highest BCUT2D eigenvalue weighted by Gasteiger charge is 2.40. The summed E-state index contributed by atoms with van der Waals surface area (Å²) in [4.78, 5) is 12.2. The maximum Gasteiger partial charge on any atom is 0.277 e. The van der Waals surface area contributed by atoms with Gasteiger partial charge in [-0.1, -0.05) is 29.8 Å². The van der Waals surface area contributed by atoms with Crippen LogP contribution in [0.15, 0.2) is 27.8 Å². The van der Waals surface area contributed by atoms with E-state index in [0.29, 0.717) is 28.1 Å². The van der Waals surface area contributed by atoms with Crippen molar-refractivity contribution in [2.45, 2.75) is 50.5 Å². The Kier molecular flexibility index (Phi) is 5.59. The van der Waals surface area contributed by atoms with Crippen molar-refractivity contribution in [1.82, 2.24) is 15.5 Å². The Morgan fingerprint density at radius 3 is 3.00 bits per heavy atom. The largest absolute Gasteiger partial charge is 0.484 e. The fraction of sp³-hybridized carbons (Fsp3) is 0.526. The lowest BCUT2D eigenvalue weighted by molar-refractivity contribution is -0.119. The average Bonchev–Trinajstić information content (AvgIpc) is 3.36. The van der Waals surface area contributed by atoms with Crippen molar-refractivity contribution in [2.75, 3.05) is 5.75 Å². The van der Waals surface area contributed by atoms with E-state index >= 15 is 0 Å². The van der Waals surface area contributed by atoms with Crippen molar-refractivity contribution in [1.29, 1.82) is 0 Å². The summed E-state index contributed by atoms with van der Waals surface area (Å²) < 4.78 is 11.2. The molecule has 2 aliphatic carbocycles. The van der Waals surface area contributed by atoms with Crippen molar-refractivity contribution in [3.8, 4) is 5.75 Å². The number of hydrogen-bond acceptors (Lipinski definition) is 6. The van der Waals surface area contributed by atoms with Crippen LogP contribution in [0.1, 0.15) is 37.1 Å². The van der Waals surface area contributed by atoms with Gasteiger partial charge >= 0.3 is 0 Å². The first kappa shape index (κ1) is 18.6. The molecule has 1 aromatic carbocycles. The van der Waals surface area contributed by atoms with Crippen molar-refractivity contribution in [2.24, 2.45) is 11.8 Å². The Bertz CT molecular complexity index is 828. The topological polar surface area (TPSA) is 77.2 Å². The van der Waals surface area contributed by atoms with E-state index in [1.165, 1.54) is 31.0 Å². The second-order valence-electron chi connectivity index (χ2n) is 7.30. The van der Waals surface area contributed by atoms with E-state index in [-0.39, 0.29) is 18.3 Å². The van der Waals surface area contributed by atoms with Gasteiger partial charge in [0.1, 0.15) is 5.75 Å². The van der Waals surface area contributed by atoms with E-state index in [9.17, 15) is 4.79 Å². The van der Waals surface area contributed by atoms with Crippen LogP contribution in [0.5, 0.6) is 5.75 Å². The molecule has 2 fully saturated rings. The molecule has 27 heavy (non-hydrogen) atoms. The summed E-state index contributed by atoms with van der Waals surface area (Å²) in [5.74, 6) is 2.90. The summed E-state index contributed by atoms with van der Waals surface area (Å²) in [7, 11) is 0. The molecule has 3 atom stereocenters. The van der Waals surface area contributed by atoms with Gasteiger partial charge in [-0.2, -0.15) is 0 Å². The number of nitrogens with one attached hydrogen (secondary N) is 1. The Morgan fingerprint density at radius 1 is 1.37 bits per heavy atom. The van der Waals surface area contributed by atoms with Crippen LogP contribution < -0.4 is 10.1 Å². The van der Waals surface area contributed by atoms with Gasteiger partial charge in [0.15, 0.2) is 6.61 Å². The number of nitrogens with zero attached hydrogens (tertiary/aromatic N) is 2. The number of hydrogen-bond donors (Lipinski definition) is 1. The van der Waals surface area contributed by atoms with Crippen molar-refractivity contribution < 1.29 is 13.9 Å². The monoisotopic (exact) mass is 407 g/mol. The smallest absolute Gasteiger partial charge is 0.277 e. The molecule has 2 aromatic rings. The van der Waals surface area contributed by atoms with Crippen LogP contribution in [-0.4, -0.2) is 27.9 Å². The molecule has 0 spiro atoms. The minimum absolute atomic E-state index is 0.0327. The zero-order chi connectivity index (χ0) is 18.8. The number of carbonyl (C=O) groups excluding carboxylic acids is 1. The molecule has 2 bridgehead atoms. The molecule has 2 saturated carbocycles. The SMILES string of the molecule is Cc1cc(Cl)ccc1OCc1nnc(SCC(=O)N[C@H]2C[C@H]3CC[C@H]2C3)o1. The zero-order valence-electron chi connectivity index (χ0n) is 15.1. The molecule has 6 nitrogen and oxygen atoms in total. The lowest BCUT2D eigenvalue weighted by atomic mass is 9.95. The van der Waals surface area contributed by atoms with Crippen LogP contribution in [-0.2, 0) is 11.4 Å². The second kappa shape index (κ2) is 8.10. The number of rotatable bonds is 7. The molecule has 1 heterocycles. The third-order valence-corrected chi connectivity index (χ3v) is 6.40. The number of thioether (sulfide) groups is 1. The minimum Gasteiger partial charge on any atom is -0.484 e. The molecule has 1 aromatic heterocycles. The molecule has 1 N–H and O–H groups in total. The Morgan fingerprint density at radius 2 is 2.26 bits per heavy atom. The number of aryl methyl sites for hydroxylation is 1. The zero-order valence-corrected chi connectivity index (χ0v) is 16.7. The highest BCUT2D eigenvalue weighted by molar-refractivity contribution is 7.99. The fourth-order valence-corrected chi connectivity index (χ4v) is 4.88. The summed E-state index contributed by atoms with van der Waals surface area (Å²) in [5.41, 5.74) is 0.939. The lowest BCUT2D eigenvalue weighted by Gasteiger charge is -2.22. The molecule has 144 valence electrons. The Balaban J connectivity index is 1.22. The normalized spacial score (nSPS) is 23.6. The highest BCUT2D eigenvalue weighted by atomic mass is 35.5. The van der Waals surface area contributed by atoms with E-state index < -0.39 is 0 Å². The molecule has 4 rings (SSSR count). The fourth-order valence-electron chi connectivity index (χ4n) is 4.07. The first-order valence-electron chi connectivity index (χ1n) is 9.20. The number of benzene rings is 1. The van der Waals surface area contributed by atoms with Crippen LogP contribution in [0.2, 0.25) is 5.02 Å². The van der Waals surface area contributed by atoms with Gasteiger partial charge in [0.05, 0.1) is 5.75 Å². The van der Waals surface area contributed by atoms with Crippen LogP contribution in [0.4, 0.5) is 0 Å². The molecular weight excluding hydrogens is 386 g/mol. The molecule has 0 unspecified atom stereocenters. The maximum absolute atomic E-state index is 12.2. The molecular formula is C19H22ClN3O3S. The number of aromatic nitrogens is 2. The van der Waals surface area contributed by atoms with Crippen LogP contribution in [0, 0.1) is 18.8 Å². The standard InChI is InChI=1S/C19H22ClN3O3S/c1-11-6-14(20)4-5-16(11)25-9-18-22-23-19(26-18)27-10-17(24)21-15-8-12-2-3-13(15)7-12/h4-6,12-13,15H,2-3,7-10H2,1H3,(H,21,24)/t12-,13-,15-/m0/s1. The molecule has 0 aliphatic heterocycles. The van der Waals surface area contributed by atoms with Gasteiger partial charge in [0.2, 0.25) is 5.91 Å². The minimum atomic E-state index is 0.0327. The number of ether oxygens (including phenoxy) is 1. The summed E-state index contributed by atoms with van der Waals surface area (Å²) in [6.45, 7) is 2.10. The van der Waals surface area contributed by atoms with E-state index in [0.717, 1.165) is 23.7 Å². The number of carbonyl (C=O) groups is 1. The van der Waals surface area contributed by atoms with Crippen LogP contribution >= 0.6 is 23.4 Å². The summed E-state index contributed by atoms with van der Waals surface area (Å²) >= 11 is 7.19. The maximum atomic E-state index is 12.2. The highest BCUT2D eigenvalue weighted by Crippen LogP contribution is 2.44. The summed E-state index contributed by atoms with van der Waals surface area (Å²) in [6.07, 6.45) is 4.99. The quantitative estimate of drug-likeness (QED) is 0.699. The van der Waals surface area contributed by atoms with Crippen LogP contribution in [0.25, 0.3) is 0 Å². The van der Waals surface area contributed by atoms with Crippen molar-refractivity contribution in [3.05, 3.63) is 34.7 Å². The van der Waals surface area contributed by atoms with E-state index in [1.807, 2.05) is 19.1 Å². The Labute approximate surface area is 167 Å². The molecule has 8 heteroatoms. The predicted octanol–water partition coefficient (Wildman–Crippen LogP) is 4.01. The Hall–Kier alpha value is -1.73. The third-order valence-electron chi connectivity index (χ3n) is 5.35. The van der Waals surface area contributed by atoms with Crippen LogP contribution in [0.3, 0.4) is 0 Å². The van der Waals surface area contributed by atoms with Gasteiger partial charge in [-0.25, -0.2) is 0 Å². The van der Waals surface area contributed by atoms with E-state index in [1.54, 1.807) is 6.07 Å². The third kappa shape index (κ3) is 4.58. The summed E-state index contributed by atoms with van der Waals surface area (Å²) in [5, 5.41) is 12.1. The van der Waals surface area contributed by atoms with Crippen molar-refractivity contribution >= 4 is 29.3 Å².